The Bertz CT molecular complexity index is 348. The summed E-state index contributed by atoms with van der Waals surface area (Å²) in [5.74, 6) is 0.158. The highest BCUT2D eigenvalue weighted by Crippen LogP contribution is 2.29. The fraction of sp³-hybridized carbons (Fsp3) is 0.222. The molecule has 82 valence electrons. The molecule has 0 heterocycles. The molecule has 0 saturated heterocycles. The molecule has 1 rings (SSSR count). The van der Waals surface area contributed by atoms with Crippen molar-refractivity contribution in [3.8, 4) is 0 Å². The first-order valence-electron chi connectivity index (χ1n) is 4.29. The second-order valence-electron chi connectivity index (χ2n) is 2.86. The van der Waals surface area contributed by atoms with Gasteiger partial charge in [-0.2, -0.15) is 0 Å². The predicted octanol–water partition coefficient (Wildman–Crippen LogP) is 2.54. The zero-order valence-electron chi connectivity index (χ0n) is 7.87. The van der Waals surface area contributed by atoms with E-state index in [1.54, 1.807) is 18.2 Å². The molecular weight excluding hydrogens is 237 g/mol. The second kappa shape index (κ2) is 5.68. The Kier molecular flexibility index (Phi) is 4.52. The average molecular weight is 248 g/mol. The van der Waals surface area contributed by atoms with E-state index < -0.39 is 0 Å². The molecule has 1 aromatic rings. The van der Waals surface area contributed by atoms with E-state index >= 15 is 0 Å². The van der Waals surface area contributed by atoms with Gasteiger partial charge >= 0.3 is 0 Å². The topological polar surface area (TPSA) is 70.6 Å². The SMILES string of the molecule is NC(CCNc1c(Cl)cccc1Cl)=NO. The van der Waals surface area contributed by atoms with E-state index in [0.717, 1.165) is 0 Å². The van der Waals surface area contributed by atoms with Gasteiger partial charge in [-0.05, 0) is 12.1 Å². The summed E-state index contributed by atoms with van der Waals surface area (Å²) in [6.45, 7) is 0.499. The van der Waals surface area contributed by atoms with Gasteiger partial charge < -0.3 is 16.3 Å². The van der Waals surface area contributed by atoms with Gasteiger partial charge in [-0.3, -0.25) is 0 Å². The number of hydrogen-bond acceptors (Lipinski definition) is 3. The quantitative estimate of drug-likeness (QED) is 0.332. The molecule has 6 heteroatoms. The Morgan fingerprint density at radius 2 is 2.00 bits per heavy atom. The van der Waals surface area contributed by atoms with Crippen molar-refractivity contribution in [2.24, 2.45) is 10.9 Å². The Morgan fingerprint density at radius 3 is 2.53 bits per heavy atom. The van der Waals surface area contributed by atoms with Gasteiger partial charge in [-0.1, -0.05) is 34.4 Å². The predicted molar refractivity (Wildman–Crippen MR) is 63.0 cm³/mol. The monoisotopic (exact) mass is 247 g/mol. The van der Waals surface area contributed by atoms with E-state index in [0.29, 0.717) is 28.7 Å². The Morgan fingerprint density at radius 1 is 1.40 bits per heavy atom. The molecule has 0 unspecified atom stereocenters. The van der Waals surface area contributed by atoms with Gasteiger partial charge in [0.05, 0.1) is 15.7 Å². The molecule has 0 fully saturated rings. The Hall–Kier alpha value is -1.13. The first-order chi connectivity index (χ1) is 7.15. The molecule has 4 N–H and O–H groups in total. The number of amidine groups is 1. The largest absolute Gasteiger partial charge is 0.409 e. The van der Waals surface area contributed by atoms with Crippen molar-refractivity contribution < 1.29 is 5.21 Å². The number of nitrogens with one attached hydrogen (secondary N) is 1. The van der Waals surface area contributed by atoms with E-state index in [1.165, 1.54) is 0 Å². The molecule has 0 amide bonds. The van der Waals surface area contributed by atoms with Crippen molar-refractivity contribution in [1.82, 2.24) is 0 Å². The minimum Gasteiger partial charge on any atom is -0.409 e. The average Bonchev–Trinajstić information content (AvgIpc) is 2.22. The second-order valence-corrected chi connectivity index (χ2v) is 3.68. The standard InChI is InChI=1S/C9H11Cl2N3O/c10-6-2-1-3-7(11)9(6)13-5-4-8(12)14-15/h1-3,13,15H,4-5H2,(H2,12,14). The van der Waals surface area contributed by atoms with E-state index in [-0.39, 0.29) is 5.84 Å². The number of halogens is 2. The third-order valence-corrected chi connectivity index (χ3v) is 2.40. The summed E-state index contributed by atoms with van der Waals surface area (Å²) in [5, 5.41) is 15.3. The molecule has 0 saturated carbocycles. The molecule has 0 aliphatic rings. The van der Waals surface area contributed by atoms with Crippen LogP contribution < -0.4 is 11.1 Å². The number of nitrogens with zero attached hydrogens (tertiary/aromatic N) is 1. The molecule has 4 nitrogen and oxygen atoms in total. The summed E-state index contributed by atoms with van der Waals surface area (Å²) in [6, 6.07) is 5.23. The Labute approximate surface area is 97.7 Å². The number of benzene rings is 1. The van der Waals surface area contributed by atoms with Crippen molar-refractivity contribution in [3.05, 3.63) is 28.2 Å². The van der Waals surface area contributed by atoms with E-state index in [4.69, 9.17) is 34.1 Å². The summed E-state index contributed by atoms with van der Waals surface area (Å²) >= 11 is 11.8. The van der Waals surface area contributed by atoms with Crippen LogP contribution in [0.4, 0.5) is 5.69 Å². The molecule has 15 heavy (non-hydrogen) atoms. The van der Waals surface area contributed by atoms with Crippen LogP contribution in [-0.4, -0.2) is 17.6 Å². The highest BCUT2D eigenvalue weighted by atomic mass is 35.5. The summed E-state index contributed by atoms with van der Waals surface area (Å²) in [4.78, 5) is 0. The van der Waals surface area contributed by atoms with Crippen molar-refractivity contribution in [3.63, 3.8) is 0 Å². The van der Waals surface area contributed by atoms with E-state index in [1.807, 2.05) is 0 Å². The number of anilines is 1. The highest BCUT2D eigenvalue weighted by molar-refractivity contribution is 6.39. The van der Waals surface area contributed by atoms with Crippen LogP contribution in [0.5, 0.6) is 0 Å². The van der Waals surface area contributed by atoms with Crippen LogP contribution in [0.1, 0.15) is 6.42 Å². The fourth-order valence-corrected chi connectivity index (χ4v) is 1.56. The molecule has 0 bridgehead atoms. The van der Waals surface area contributed by atoms with Crippen LogP contribution >= 0.6 is 23.2 Å². The maximum absolute atomic E-state index is 8.32. The summed E-state index contributed by atoms with van der Waals surface area (Å²) in [7, 11) is 0. The van der Waals surface area contributed by atoms with Crippen molar-refractivity contribution in [2.75, 3.05) is 11.9 Å². The van der Waals surface area contributed by atoms with Crippen LogP contribution in [0.2, 0.25) is 10.0 Å². The molecule has 0 aliphatic carbocycles. The smallest absolute Gasteiger partial charge is 0.140 e. The molecule has 0 aliphatic heterocycles. The third-order valence-electron chi connectivity index (χ3n) is 1.77. The van der Waals surface area contributed by atoms with Gasteiger partial charge in [-0.25, -0.2) is 0 Å². The summed E-state index contributed by atoms with van der Waals surface area (Å²) in [5.41, 5.74) is 5.97. The van der Waals surface area contributed by atoms with Crippen molar-refractivity contribution in [2.45, 2.75) is 6.42 Å². The molecule has 0 radical (unpaired) electrons. The number of oxime groups is 1. The van der Waals surface area contributed by atoms with Crippen molar-refractivity contribution >= 4 is 34.7 Å². The molecular formula is C9H11Cl2N3O. The van der Waals surface area contributed by atoms with Gasteiger partial charge in [-0.15, -0.1) is 0 Å². The van der Waals surface area contributed by atoms with Gasteiger partial charge in [0, 0.05) is 13.0 Å². The van der Waals surface area contributed by atoms with Crippen LogP contribution in [-0.2, 0) is 0 Å². The lowest BCUT2D eigenvalue weighted by Crippen LogP contribution is -2.16. The molecule has 0 aromatic heterocycles. The molecule has 0 spiro atoms. The number of nitrogens with two attached hydrogens (primary N) is 1. The molecule has 1 aromatic carbocycles. The van der Waals surface area contributed by atoms with Crippen molar-refractivity contribution in [1.29, 1.82) is 0 Å². The lowest BCUT2D eigenvalue weighted by Gasteiger charge is -2.09. The van der Waals surface area contributed by atoms with E-state index in [2.05, 4.69) is 10.5 Å². The number of para-hydroxylation sites is 1. The number of hydrogen-bond donors (Lipinski definition) is 3. The van der Waals surface area contributed by atoms with Crippen LogP contribution in [0, 0.1) is 0 Å². The normalized spacial score (nSPS) is 11.5. The lowest BCUT2D eigenvalue weighted by atomic mass is 10.3. The van der Waals surface area contributed by atoms with Gasteiger partial charge in [0.25, 0.3) is 0 Å². The zero-order valence-corrected chi connectivity index (χ0v) is 9.39. The minimum absolute atomic E-state index is 0.158. The van der Waals surface area contributed by atoms with Crippen LogP contribution in [0.15, 0.2) is 23.4 Å². The Balaban J connectivity index is 2.58. The van der Waals surface area contributed by atoms with Gasteiger partial charge in [0.2, 0.25) is 0 Å². The fourth-order valence-electron chi connectivity index (χ4n) is 1.03. The maximum atomic E-state index is 8.32. The summed E-state index contributed by atoms with van der Waals surface area (Å²) in [6.07, 6.45) is 0.415. The maximum Gasteiger partial charge on any atom is 0.140 e. The highest BCUT2D eigenvalue weighted by Gasteiger charge is 2.04. The van der Waals surface area contributed by atoms with E-state index in [9.17, 15) is 0 Å². The first kappa shape index (κ1) is 11.9. The number of rotatable bonds is 4. The van der Waals surface area contributed by atoms with Crippen LogP contribution in [0.25, 0.3) is 0 Å². The zero-order chi connectivity index (χ0) is 11.3. The van der Waals surface area contributed by atoms with Crippen LogP contribution in [0.3, 0.4) is 0 Å². The lowest BCUT2D eigenvalue weighted by molar-refractivity contribution is 0.317. The summed E-state index contributed by atoms with van der Waals surface area (Å²) < 4.78 is 0. The van der Waals surface area contributed by atoms with Gasteiger partial charge in [0.15, 0.2) is 0 Å². The third kappa shape index (κ3) is 3.49. The van der Waals surface area contributed by atoms with Gasteiger partial charge in [0.1, 0.15) is 5.84 Å². The minimum atomic E-state index is 0.158. The first-order valence-corrected chi connectivity index (χ1v) is 5.05. The molecule has 0 atom stereocenters.